The molecule has 3 aromatic rings. The van der Waals surface area contributed by atoms with Crippen molar-refractivity contribution in [3.8, 4) is 5.75 Å². The highest BCUT2D eigenvalue weighted by Gasteiger charge is 2.36. The van der Waals surface area contributed by atoms with Gasteiger partial charge in [-0.1, -0.05) is 36.4 Å². The first-order valence-electron chi connectivity index (χ1n) is 8.72. The summed E-state index contributed by atoms with van der Waals surface area (Å²) in [5, 5.41) is 14.2. The molecule has 27 heavy (non-hydrogen) atoms. The van der Waals surface area contributed by atoms with Gasteiger partial charge in [-0.2, -0.15) is 0 Å². The second-order valence-electron chi connectivity index (χ2n) is 6.70. The molecule has 1 heterocycles. The molecule has 1 unspecified atom stereocenters. The Bertz CT molecular complexity index is 1090. The van der Waals surface area contributed by atoms with E-state index in [1.54, 1.807) is 18.2 Å². The summed E-state index contributed by atoms with van der Waals surface area (Å²) in [5.41, 5.74) is 0.206. The molecule has 138 valence electrons. The summed E-state index contributed by atoms with van der Waals surface area (Å²) in [6.45, 7) is 0.0262. The predicted octanol–water partition coefficient (Wildman–Crippen LogP) is 2.37. The molecule has 0 radical (unpaired) electrons. The molecule has 1 aromatic heterocycles. The fourth-order valence-corrected chi connectivity index (χ4v) is 3.61. The van der Waals surface area contributed by atoms with E-state index in [2.05, 4.69) is 5.32 Å². The van der Waals surface area contributed by atoms with Crippen molar-refractivity contribution in [2.75, 3.05) is 13.7 Å². The lowest BCUT2D eigenvalue weighted by molar-refractivity contribution is 0.0369. The number of carbonyl (C=O) groups excluding carboxylic acids is 1. The molecule has 0 aliphatic heterocycles. The van der Waals surface area contributed by atoms with Crippen LogP contribution in [-0.4, -0.2) is 24.7 Å². The van der Waals surface area contributed by atoms with Crippen LogP contribution in [0.2, 0.25) is 0 Å². The van der Waals surface area contributed by atoms with Gasteiger partial charge in [-0.15, -0.1) is 0 Å². The number of aliphatic hydroxyl groups is 1. The molecule has 6 nitrogen and oxygen atoms in total. The number of fused-ring (bicyclic) bond motifs is 2. The molecular weight excluding hydrogens is 346 g/mol. The van der Waals surface area contributed by atoms with Crippen LogP contribution in [0.1, 0.15) is 27.9 Å². The minimum absolute atomic E-state index is 0.0262. The normalized spacial score (nSPS) is 18.3. The number of aryl methyl sites for hydroxylation is 1. The third kappa shape index (κ3) is 2.98. The van der Waals surface area contributed by atoms with E-state index < -0.39 is 17.1 Å². The molecular formula is C21H19NO5. The topological polar surface area (TPSA) is 88.8 Å². The van der Waals surface area contributed by atoms with Crippen LogP contribution in [0.3, 0.4) is 0 Å². The van der Waals surface area contributed by atoms with Crippen LogP contribution in [0.15, 0.2) is 57.7 Å². The van der Waals surface area contributed by atoms with E-state index in [9.17, 15) is 14.7 Å². The van der Waals surface area contributed by atoms with Crippen LogP contribution in [0.5, 0.6) is 5.75 Å². The Morgan fingerprint density at radius 1 is 1.26 bits per heavy atom. The van der Waals surface area contributed by atoms with Crippen LogP contribution < -0.4 is 15.7 Å². The van der Waals surface area contributed by atoms with Gasteiger partial charge in [-0.3, -0.25) is 4.79 Å². The fourth-order valence-electron chi connectivity index (χ4n) is 3.61. The maximum Gasteiger partial charge on any atom is 0.349 e. The van der Waals surface area contributed by atoms with E-state index in [1.807, 2.05) is 24.3 Å². The Hall–Kier alpha value is -3.12. The fraction of sp³-hybridized carbons (Fsp3) is 0.238. The molecule has 1 atom stereocenters. The molecule has 0 bridgehead atoms. The summed E-state index contributed by atoms with van der Waals surface area (Å²) in [4.78, 5) is 24.8. The van der Waals surface area contributed by atoms with Crippen molar-refractivity contribution in [1.82, 2.24) is 5.32 Å². The number of methoxy groups -OCH3 is 1. The second-order valence-corrected chi connectivity index (χ2v) is 6.70. The summed E-state index contributed by atoms with van der Waals surface area (Å²) < 4.78 is 10.5. The third-order valence-corrected chi connectivity index (χ3v) is 5.06. The Morgan fingerprint density at radius 3 is 2.89 bits per heavy atom. The van der Waals surface area contributed by atoms with Crippen molar-refractivity contribution in [1.29, 1.82) is 0 Å². The highest BCUT2D eigenvalue weighted by Crippen LogP contribution is 2.36. The first-order chi connectivity index (χ1) is 13.0. The highest BCUT2D eigenvalue weighted by atomic mass is 16.5. The summed E-state index contributed by atoms with van der Waals surface area (Å²) in [6, 6.07) is 14.3. The van der Waals surface area contributed by atoms with Gasteiger partial charge in [-0.25, -0.2) is 4.79 Å². The summed E-state index contributed by atoms with van der Waals surface area (Å²) >= 11 is 0. The molecule has 1 aliphatic carbocycles. The number of ether oxygens (including phenoxy) is 1. The number of hydrogen-bond acceptors (Lipinski definition) is 5. The number of nitrogens with one attached hydrogen (secondary N) is 1. The first-order valence-corrected chi connectivity index (χ1v) is 8.72. The van der Waals surface area contributed by atoms with Crippen molar-refractivity contribution in [3.05, 3.63) is 75.6 Å². The summed E-state index contributed by atoms with van der Waals surface area (Å²) in [6.07, 6.45) is 1.27. The molecule has 0 saturated carbocycles. The molecule has 6 heteroatoms. The molecule has 2 aromatic carbocycles. The zero-order chi connectivity index (χ0) is 19.0. The van der Waals surface area contributed by atoms with E-state index in [4.69, 9.17) is 9.15 Å². The molecule has 1 aliphatic rings. The summed E-state index contributed by atoms with van der Waals surface area (Å²) in [7, 11) is 1.48. The number of amides is 1. The molecule has 2 N–H and O–H groups in total. The maximum atomic E-state index is 12.6. The van der Waals surface area contributed by atoms with E-state index in [1.165, 1.54) is 13.2 Å². The molecule has 0 saturated heterocycles. The van der Waals surface area contributed by atoms with Crippen molar-refractivity contribution in [2.45, 2.75) is 18.4 Å². The SMILES string of the molecule is COc1cccc2cc(C(=O)NCC3(O)CCc4ccccc43)c(=O)oc12. The average molecular weight is 365 g/mol. The van der Waals surface area contributed by atoms with Gasteiger partial charge < -0.3 is 19.6 Å². The molecule has 0 fully saturated rings. The minimum atomic E-state index is -1.13. The number of hydrogen-bond donors (Lipinski definition) is 2. The minimum Gasteiger partial charge on any atom is -0.493 e. The Labute approximate surface area is 155 Å². The van der Waals surface area contributed by atoms with E-state index in [0.29, 0.717) is 23.1 Å². The zero-order valence-electron chi connectivity index (χ0n) is 14.8. The molecule has 1 amide bonds. The number of benzene rings is 2. The zero-order valence-corrected chi connectivity index (χ0v) is 14.8. The second kappa shape index (κ2) is 6.55. The largest absolute Gasteiger partial charge is 0.493 e. The lowest BCUT2D eigenvalue weighted by Crippen LogP contribution is -2.40. The standard InChI is InChI=1S/C21H19NO5/c1-26-17-8-4-6-14-11-15(20(24)27-18(14)17)19(23)22-12-21(25)10-9-13-5-2-3-7-16(13)21/h2-8,11,25H,9-10,12H2,1H3,(H,22,23). The van der Waals surface area contributed by atoms with Gasteiger partial charge >= 0.3 is 5.63 Å². The van der Waals surface area contributed by atoms with Gasteiger partial charge in [0.15, 0.2) is 11.3 Å². The van der Waals surface area contributed by atoms with Crippen molar-refractivity contribution < 1.29 is 19.1 Å². The van der Waals surface area contributed by atoms with Gasteiger partial charge in [0.1, 0.15) is 11.2 Å². The maximum absolute atomic E-state index is 12.6. The molecule has 0 spiro atoms. The van der Waals surface area contributed by atoms with Crippen LogP contribution in [0.25, 0.3) is 11.0 Å². The van der Waals surface area contributed by atoms with E-state index >= 15 is 0 Å². The Balaban J connectivity index is 1.59. The van der Waals surface area contributed by atoms with E-state index in [-0.39, 0.29) is 12.1 Å². The predicted molar refractivity (Wildman–Crippen MR) is 100 cm³/mol. The smallest absolute Gasteiger partial charge is 0.349 e. The lowest BCUT2D eigenvalue weighted by Gasteiger charge is -2.24. The van der Waals surface area contributed by atoms with Crippen molar-refractivity contribution >= 4 is 16.9 Å². The number of para-hydroxylation sites is 1. The first kappa shape index (κ1) is 17.3. The van der Waals surface area contributed by atoms with Crippen molar-refractivity contribution in [3.63, 3.8) is 0 Å². The highest BCUT2D eigenvalue weighted by molar-refractivity contribution is 5.97. The van der Waals surface area contributed by atoms with Gasteiger partial charge in [0.05, 0.1) is 13.7 Å². The van der Waals surface area contributed by atoms with Gasteiger partial charge in [0, 0.05) is 5.39 Å². The van der Waals surface area contributed by atoms with Crippen LogP contribution >= 0.6 is 0 Å². The van der Waals surface area contributed by atoms with Gasteiger partial charge in [0.25, 0.3) is 5.91 Å². The number of rotatable bonds is 4. The molecule has 4 rings (SSSR count). The van der Waals surface area contributed by atoms with Crippen molar-refractivity contribution in [2.24, 2.45) is 0 Å². The van der Waals surface area contributed by atoms with Crippen LogP contribution in [-0.2, 0) is 12.0 Å². The van der Waals surface area contributed by atoms with Gasteiger partial charge in [-0.05, 0) is 36.1 Å². The quantitative estimate of drug-likeness (QED) is 0.693. The monoisotopic (exact) mass is 365 g/mol. The van der Waals surface area contributed by atoms with Crippen LogP contribution in [0, 0.1) is 0 Å². The number of carbonyl (C=O) groups is 1. The van der Waals surface area contributed by atoms with Gasteiger partial charge in [0.2, 0.25) is 0 Å². The Kier molecular flexibility index (Phi) is 4.20. The third-order valence-electron chi connectivity index (χ3n) is 5.06. The van der Waals surface area contributed by atoms with E-state index in [0.717, 1.165) is 17.5 Å². The lowest BCUT2D eigenvalue weighted by atomic mass is 9.96. The average Bonchev–Trinajstić information content (AvgIpc) is 3.03. The summed E-state index contributed by atoms with van der Waals surface area (Å²) in [5.74, 6) is -0.153. The Morgan fingerprint density at radius 2 is 2.07 bits per heavy atom. The van der Waals surface area contributed by atoms with Crippen LogP contribution in [0.4, 0.5) is 0 Å².